The number of alkyl carbamates (subject to hydrolysis) is 1. The SMILES string of the molecule is CC1(C)CNC(=O)c2sc(Nc3ccc(I)cc3F)c(C(=O)N3CCC[C@H]3CNC(=O)OC(C)(C)C)c2C1. The van der Waals surface area contributed by atoms with Gasteiger partial charge < -0.3 is 25.6 Å². The van der Waals surface area contributed by atoms with Crippen LogP contribution < -0.4 is 16.0 Å². The molecule has 0 spiro atoms. The zero-order valence-corrected chi connectivity index (χ0v) is 25.3. The van der Waals surface area contributed by atoms with Crippen molar-refractivity contribution in [2.45, 2.75) is 65.5 Å². The van der Waals surface area contributed by atoms with Crippen molar-refractivity contribution in [2.75, 3.05) is 25.0 Å². The maximum atomic E-state index is 14.8. The molecule has 38 heavy (non-hydrogen) atoms. The molecule has 0 bridgehead atoms. The molecule has 2 aliphatic heterocycles. The lowest BCUT2D eigenvalue weighted by Gasteiger charge is -2.28. The molecule has 3 amide bonds. The number of rotatable bonds is 5. The highest BCUT2D eigenvalue weighted by Gasteiger charge is 2.38. The molecule has 2 aliphatic rings. The quantitative estimate of drug-likeness (QED) is 0.360. The molecule has 1 aromatic heterocycles. The number of ether oxygens (including phenoxy) is 1. The summed E-state index contributed by atoms with van der Waals surface area (Å²) >= 11 is 3.22. The number of nitrogens with one attached hydrogen (secondary N) is 3. The monoisotopic (exact) mass is 656 g/mol. The highest BCUT2D eigenvalue weighted by molar-refractivity contribution is 14.1. The van der Waals surface area contributed by atoms with E-state index in [4.69, 9.17) is 4.74 Å². The smallest absolute Gasteiger partial charge is 0.407 e. The number of hydrogen-bond acceptors (Lipinski definition) is 6. The number of carbonyl (C=O) groups is 3. The molecule has 1 saturated heterocycles. The third kappa shape index (κ3) is 6.59. The van der Waals surface area contributed by atoms with Crippen molar-refractivity contribution >= 4 is 62.5 Å². The molecule has 206 valence electrons. The van der Waals surface area contributed by atoms with Gasteiger partial charge in [-0.05, 0) is 91.8 Å². The van der Waals surface area contributed by atoms with Crippen LogP contribution in [0.2, 0.25) is 0 Å². The first-order chi connectivity index (χ1) is 17.7. The highest BCUT2D eigenvalue weighted by atomic mass is 127. The topological polar surface area (TPSA) is 99.8 Å². The van der Waals surface area contributed by atoms with E-state index in [9.17, 15) is 18.8 Å². The molecule has 0 radical (unpaired) electrons. The molecule has 3 heterocycles. The Hall–Kier alpha value is -2.41. The molecule has 1 atom stereocenters. The number of anilines is 2. The Morgan fingerprint density at radius 1 is 1.32 bits per heavy atom. The van der Waals surface area contributed by atoms with Crippen molar-refractivity contribution < 1.29 is 23.5 Å². The predicted octanol–water partition coefficient (Wildman–Crippen LogP) is 5.68. The van der Waals surface area contributed by atoms with Crippen LogP contribution in [0.3, 0.4) is 0 Å². The van der Waals surface area contributed by atoms with E-state index in [0.717, 1.165) is 16.4 Å². The van der Waals surface area contributed by atoms with E-state index < -0.39 is 17.5 Å². The summed E-state index contributed by atoms with van der Waals surface area (Å²) in [5, 5.41) is 9.31. The van der Waals surface area contributed by atoms with Crippen molar-refractivity contribution in [1.29, 1.82) is 0 Å². The lowest BCUT2D eigenvalue weighted by Crippen LogP contribution is -2.44. The molecule has 0 unspecified atom stereocenters. The average Bonchev–Trinajstić information content (AvgIpc) is 3.38. The van der Waals surface area contributed by atoms with E-state index in [2.05, 4.69) is 16.0 Å². The Labute approximate surface area is 240 Å². The molecule has 8 nitrogen and oxygen atoms in total. The summed E-state index contributed by atoms with van der Waals surface area (Å²) in [6, 6.07) is 4.60. The number of amides is 3. The fourth-order valence-corrected chi connectivity index (χ4v) is 6.35. The van der Waals surface area contributed by atoms with E-state index >= 15 is 0 Å². The van der Waals surface area contributed by atoms with Crippen LogP contribution in [0.15, 0.2) is 18.2 Å². The van der Waals surface area contributed by atoms with Crippen molar-refractivity contribution in [3.63, 3.8) is 0 Å². The van der Waals surface area contributed by atoms with Crippen LogP contribution in [0.4, 0.5) is 19.9 Å². The number of nitrogens with zero attached hydrogens (tertiary/aromatic N) is 1. The minimum absolute atomic E-state index is 0.221. The van der Waals surface area contributed by atoms with Gasteiger partial charge in [-0.15, -0.1) is 11.3 Å². The van der Waals surface area contributed by atoms with E-state index in [1.807, 2.05) is 36.4 Å². The van der Waals surface area contributed by atoms with Gasteiger partial charge in [0.05, 0.1) is 16.1 Å². The minimum atomic E-state index is -0.623. The van der Waals surface area contributed by atoms with Crippen LogP contribution >= 0.6 is 33.9 Å². The molecule has 4 rings (SSSR count). The first kappa shape index (κ1) is 28.6. The Bertz CT molecular complexity index is 1260. The first-order valence-electron chi connectivity index (χ1n) is 12.7. The molecule has 0 aliphatic carbocycles. The van der Waals surface area contributed by atoms with Gasteiger partial charge in [-0.1, -0.05) is 13.8 Å². The standard InChI is InChI=1S/C27H34FIN4O4S/c1-26(2,3)37-25(36)30-13-16-7-6-10-33(16)24(35)20-17-12-27(4,5)14-31-22(34)21(17)38-23(20)32-19-9-8-15(29)11-18(19)28/h8-9,11,16,32H,6-7,10,12-14H2,1-5H3,(H,30,36)(H,31,34)/t16-/m0/s1. The van der Waals surface area contributed by atoms with E-state index in [-0.39, 0.29) is 35.5 Å². The van der Waals surface area contributed by atoms with E-state index in [1.165, 1.54) is 17.4 Å². The normalized spacial score (nSPS) is 18.9. The summed E-state index contributed by atoms with van der Waals surface area (Å²) in [5.41, 5.74) is 0.421. The summed E-state index contributed by atoms with van der Waals surface area (Å²) in [4.78, 5) is 41.7. The lowest BCUT2D eigenvalue weighted by molar-refractivity contribution is 0.0501. The largest absolute Gasteiger partial charge is 0.444 e. The summed E-state index contributed by atoms with van der Waals surface area (Å²) in [7, 11) is 0. The second-order valence-corrected chi connectivity index (χ2v) is 13.8. The Kier molecular flexibility index (Phi) is 8.27. The van der Waals surface area contributed by atoms with Crippen molar-refractivity contribution in [3.05, 3.63) is 43.6 Å². The molecule has 1 fully saturated rings. The van der Waals surface area contributed by atoms with Crippen molar-refractivity contribution in [2.24, 2.45) is 5.41 Å². The summed E-state index contributed by atoms with van der Waals surface area (Å²) < 4.78 is 20.9. The van der Waals surface area contributed by atoms with Gasteiger partial charge in [0.1, 0.15) is 16.4 Å². The van der Waals surface area contributed by atoms with Gasteiger partial charge in [0.25, 0.3) is 11.8 Å². The fraction of sp³-hybridized carbons (Fsp3) is 0.519. The molecule has 2 aromatic rings. The number of thiophene rings is 1. The molecular weight excluding hydrogens is 622 g/mol. The van der Waals surface area contributed by atoms with Gasteiger partial charge in [0.2, 0.25) is 0 Å². The maximum Gasteiger partial charge on any atom is 0.407 e. The minimum Gasteiger partial charge on any atom is -0.444 e. The van der Waals surface area contributed by atoms with Gasteiger partial charge in [-0.3, -0.25) is 9.59 Å². The number of likely N-dealkylation sites (tertiary alicyclic amines) is 1. The van der Waals surface area contributed by atoms with Crippen LogP contribution in [0, 0.1) is 14.8 Å². The second-order valence-electron chi connectivity index (χ2n) is 11.6. The lowest BCUT2D eigenvalue weighted by atomic mass is 9.85. The van der Waals surface area contributed by atoms with Crippen LogP contribution in [-0.4, -0.2) is 54.1 Å². The Balaban J connectivity index is 1.68. The number of halogens is 2. The molecule has 11 heteroatoms. The van der Waals surface area contributed by atoms with Crippen molar-refractivity contribution in [1.82, 2.24) is 15.5 Å². The number of fused-ring (bicyclic) bond motifs is 1. The summed E-state index contributed by atoms with van der Waals surface area (Å²) in [6.45, 7) is 10.7. The number of benzene rings is 1. The highest BCUT2D eigenvalue weighted by Crippen LogP contribution is 2.42. The van der Waals surface area contributed by atoms with E-state index in [1.54, 1.807) is 37.8 Å². The Morgan fingerprint density at radius 3 is 2.74 bits per heavy atom. The predicted molar refractivity (Wildman–Crippen MR) is 155 cm³/mol. The molecular formula is C27H34FIN4O4S. The third-order valence-corrected chi connectivity index (χ3v) is 8.33. The van der Waals surface area contributed by atoms with Gasteiger partial charge in [0.15, 0.2) is 0 Å². The molecule has 3 N–H and O–H groups in total. The maximum absolute atomic E-state index is 14.8. The molecule has 0 saturated carbocycles. The molecule has 1 aromatic carbocycles. The zero-order chi connectivity index (χ0) is 27.8. The van der Waals surface area contributed by atoms with Crippen LogP contribution in [0.1, 0.15) is 73.1 Å². The number of carbonyl (C=O) groups excluding carboxylic acids is 3. The zero-order valence-electron chi connectivity index (χ0n) is 22.3. The third-order valence-electron chi connectivity index (χ3n) is 6.51. The van der Waals surface area contributed by atoms with E-state index in [0.29, 0.717) is 40.5 Å². The Morgan fingerprint density at radius 2 is 2.05 bits per heavy atom. The fourth-order valence-electron chi connectivity index (χ4n) is 4.76. The van der Waals surface area contributed by atoms with Gasteiger partial charge in [-0.25, -0.2) is 9.18 Å². The van der Waals surface area contributed by atoms with Gasteiger partial charge in [0, 0.05) is 29.2 Å². The second kappa shape index (κ2) is 11.0. The van der Waals surface area contributed by atoms with Crippen LogP contribution in [-0.2, 0) is 11.2 Å². The van der Waals surface area contributed by atoms with Crippen LogP contribution in [0.5, 0.6) is 0 Å². The van der Waals surface area contributed by atoms with Gasteiger partial charge >= 0.3 is 6.09 Å². The first-order valence-corrected chi connectivity index (χ1v) is 14.6. The average molecular weight is 657 g/mol. The summed E-state index contributed by atoms with van der Waals surface area (Å²) in [6.07, 6.45) is 1.51. The van der Waals surface area contributed by atoms with Crippen LogP contribution in [0.25, 0.3) is 0 Å². The van der Waals surface area contributed by atoms with Gasteiger partial charge in [-0.2, -0.15) is 0 Å². The van der Waals surface area contributed by atoms with Crippen molar-refractivity contribution in [3.8, 4) is 0 Å². The number of hydrogen-bond donors (Lipinski definition) is 3. The summed E-state index contributed by atoms with van der Waals surface area (Å²) in [5.74, 6) is -0.899.